The Morgan fingerprint density at radius 1 is 0.917 bits per heavy atom. The summed E-state index contributed by atoms with van der Waals surface area (Å²) in [4.78, 5) is 4.84. The lowest BCUT2D eigenvalue weighted by Crippen LogP contribution is -2.48. The second-order valence-corrected chi connectivity index (χ2v) is 7.64. The van der Waals surface area contributed by atoms with Gasteiger partial charge in [0, 0.05) is 37.8 Å². The van der Waals surface area contributed by atoms with Gasteiger partial charge in [0.1, 0.15) is 11.2 Å². The molecule has 0 bridgehead atoms. The summed E-state index contributed by atoms with van der Waals surface area (Å²) in [5, 5.41) is 10.8. The van der Waals surface area contributed by atoms with E-state index in [0.717, 1.165) is 54.7 Å². The number of hydrogen-bond donors (Lipinski definition) is 0. The molecule has 0 N–H and O–H groups in total. The third-order valence-electron chi connectivity index (χ3n) is 5.15. The molecule has 1 aromatic heterocycles. The van der Waals surface area contributed by atoms with Crippen molar-refractivity contribution in [3.05, 3.63) is 30.3 Å². The molecule has 0 amide bonds. The van der Waals surface area contributed by atoms with Crippen molar-refractivity contribution in [3.8, 4) is 10.6 Å². The number of likely N-dealkylation sites (tertiary alicyclic amines) is 1. The molecule has 2 aliphatic heterocycles. The fraction of sp³-hybridized carbons (Fsp3) is 0.556. The van der Waals surface area contributed by atoms with Crippen LogP contribution < -0.4 is 4.90 Å². The zero-order valence-electron chi connectivity index (χ0n) is 13.8. The van der Waals surface area contributed by atoms with Crippen LogP contribution in [0, 0.1) is 0 Å². The van der Waals surface area contributed by atoms with Crippen molar-refractivity contribution >= 4 is 16.5 Å². The molecule has 0 aliphatic carbocycles. The van der Waals surface area contributed by atoms with E-state index in [0.29, 0.717) is 18.9 Å². The molecular formula is C18H23FN4S. The van der Waals surface area contributed by atoms with Crippen molar-refractivity contribution in [2.75, 3.05) is 31.1 Å². The highest BCUT2D eigenvalue weighted by Gasteiger charge is 2.29. The van der Waals surface area contributed by atoms with Crippen LogP contribution in [0.1, 0.15) is 25.7 Å². The first kappa shape index (κ1) is 16.0. The molecule has 4 nitrogen and oxygen atoms in total. The molecule has 128 valence electrons. The number of piperidine rings is 2. The van der Waals surface area contributed by atoms with Crippen LogP contribution in [0.15, 0.2) is 30.3 Å². The summed E-state index contributed by atoms with van der Waals surface area (Å²) in [5.41, 5.74) is 1.13. The molecule has 3 heterocycles. The Labute approximate surface area is 146 Å². The van der Waals surface area contributed by atoms with Crippen LogP contribution in [0.2, 0.25) is 0 Å². The number of aromatic nitrogens is 2. The van der Waals surface area contributed by atoms with Crippen LogP contribution in [0.3, 0.4) is 0 Å². The van der Waals surface area contributed by atoms with E-state index < -0.39 is 6.17 Å². The largest absolute Gasteiger partial charge is 0.347 e. The lowest BCUT2D eigenvalue weighted by atomic mass is 10.00. The quantitative estimate of drug-likeness (QED) is 0.850. The summed E-state index contributed by atoms with van der Waals surface area (Å²) in [6.07, 6.45) is 3.10. The summed E-state index contributed by atoms with van der Waals surface area (Å²) in [6.45, 7) is 3.87. The van der Waals surface area contributed by atoms with Gasteiger partial charge in [0.15, 0.2) is 0 Å². The maximum atomic E-state index is 13.3. The van der Waals surface area contributed by atoms with Gasteiger partial charge in [-0.05, 0) is 25.7 Å². The van der Waals surface area contributed by atoms with Crippen molar-refractivity contribution in [2.45, 2.75) is 37.9 Å². The van der Waals surface area contributed by atoms with Gasteiger partial charge < -0.3 is 9.80 Å². The smallest absolute Gasteiger partial charge is 0.208 e. The van der Waals surface area contributed by atoms with E-state index in [1.165, 1.54) is 0 Å². The van der Waals surface area contributed by atoms with Crippen molar-refractivity contribution < 1.29 is 4.39 Å². The molecule has 6 heteroatoms. The van der Waals surface area contributed by atoms with Gasteiger partial charge in [-0.2, -0.15) is 0 Å². The predicted molar refractivity (Wildman–Crippen MR) is 96.3 cm³/mol. The Kier molecular flexibility index (Phi) is 4.76. The van der Waals surface area contributed by atoms with Crippen molar-refractivity contribution in [1.82, 2.24) is 15.1 Å². The number of alkyl halides is 1. The minimum Gasteiger partial charge on any atom is -0.347 e. The molecule has 1 aromatic carbocycles. The third kappa shape index (κ3) is 3.44. The van der Waals surface area contributed by atoms with E-state index in [-0.39, 0.29) is 0 Å². The fourth-order valence-corrected chi connectivity index (χ4v) is 4.60. The lowest BCUT2D eigenvalue weighted by molar-refractivity contribution is 0.0981. The Morgan fingerprint density at radius 3 is 2.33 bits per heavy atom. The van der Waals surface area contributed by atoms with Crippen LogP contribution in [-0.4, -0.2) is 53.5 Å². The topological polar surface area (TPSA) is 32.3 Å². The molecule has 0 radical (unpaired) electrons. The summed E-state index contributed by atoms with van der Waals surface area (Å²) < 4.78 is 13.3. The van der Waals surface area contributed by atoms with Crippen LogP contribution in [0.4, 0.5) is 9.52 Å². The first-order chi connectivity index (χ1) is 11.8. The zero-order valence-corrected chi connectivity index (χ0v) is 14.6. The maximum absolute atomic E-state index is 13.3. The van der Waals surface area contributed by atoms with Gasteiger partial charge in [-0.3, -0.25) is 0 Å². The van der Waals surface area contributed by atoms with E-state index in [1.54, 1.807) is 11.3 Å². The average Bonchev–Trinajstić information content (AvgIpc) is 3.13. The average molecular weight is 346 g/mol. The molecule has 2 aliphatic rings. The van der Waals surface area contributed by atoms with E-state index >= 15 is 0 Å². The van der Waals surface area contributed by atoms with Crippen molar-refractivity contribution in [3.63, 3.8) is 0 Å². The van der Waals surface area contributed by atoms with Crippen molar-refractivity contribution in [2.24, 2.45) is 0 Å². The van der Waals surface area contributed by atoms with Gasteiger partial charge in [-0.25, -0.2) is 4.39 Å². The molecule has 2 fully saturated rings. The summed E-state index contributed by atoms with van der Waals surface area (Å²) in [7, 11) is 0. The van der Waals surface area contributed by atoms with Crippen LogP contribution in [-0.2, 0) is 0 Å². The van der Waals surface area contributed by atoms with Gasteiger partial charge in [0.05, 0.1) is 0 Å². The van der Waals surface area contributed by atoms with E-state index in [2.05, 4.69) is 32.1 Å². The first-order valence-corrected chi connectivity index (χ1v) is 9.63. The summed E-state index contributed by atoms with van der Waals surface area (Å²) in [5.74, 6) is 0. The first-order valence-electron chi connectivity index (χ1n) is 8.81. The van der Waals surface area contributed by atoms with Gasteiger partial charge in [-0.15, -0.1) is 10.2 Å². The molecule has 0 saturated carbocycles. The van der Waals surface area contributed by atoms with Crippen LogP contribution >= 0.6 is 11.3 Å². The van der Waals surface area contributed by atoms with E-state index in [4.69, 9.17) is 0 Å². The second-order valence-electron chi connectivity index (χ2n) is 6.68. The highest BCUT2D eigenvalue weighted by Crippen LogP contribution is 2.31. The van der Waals surface area contributed by atoms with Crippen molar-refractivity contribution in [1.29, 1.82) is 0 Å². The van der Waals surface area contributed by atoms with Crippen LogP contribution in [0.5, 0.6) is 0 Å². The van der Waals surface area contributed by atoms with Gasteiger partial charge >= 0.3 is 0 Å². The monoisotopic (exact) mass is 346 g/mol. The number of rotatable bonds is 3. The molecule has 0 unspecified atom stereocenters. The highest BCUT2D eigenvalue weighted by molar-refractivity contribution is 7.18. The second kappa shape index (κ2) is 7.15. The number of halogens is 1. The predicted octanol–water partition coefficient (Wildman–Crippen LogP) is 3.61. The summed E-state index contributed by atoms with van der Waals surface area (Å²) in [6, 6.07) is 10.8. The normalized spacial score (nSPS) is 21.3. The SMILES string of the molecule is FC1CCN(C2CCN(c3nnc(-c4ccccc4)s3)CC2)CC1. The van der Waals surface area contributed by atoms with Gasteiger partial charge in [0.2, 0.25) is 5.13 Å². The molecule has 0 atom stereocenters. The third-order valence-corrected chi connectivity index (χ3v) is 6.18. The Morgan fingerprint density at radius 2 is 1.62 bits per heavy atom. The minimum atomic E-state index is -0.584. The van der Waals surface area contributed by atoms with Gasteiger partial charge in [-0.1, -0.05) is 41.7 Å². The van der Waals surface area contributed by atoms with Gasteiger partial charge in [0.25, 0.3) is 0 Å². The standard InChI is InChI=1S/C18H23FN4S/c19-15-6-10-22(11-7-15)16-8-12-23(13-9-16)18-21-20-17(24-18)14-4-2-1-3-5-14/h1-5,15-16H,6-13H2. The Balaban J connectivity index is 1.35. The zero-order chi connectivity index (χ0) is 16.4. The number of benzene rings is 1. The number of nitrogens with zero attached hydrogens (tertiary/aromatic N) is 4. The van der Waals surface area contributed by atoms with E-state index in [1.807, 2.05) is 18.2 Å². The molecule has 24 heavy (non-hydrogen) atoms. The molecule has 0 spiro atoms. The lowest BCUT2D eigenvalue weighted by Gasteiger charge is -2.40. The Bertz CT molecular complexity index is 646. The highest BCUT2D eigenvalue weighted by atomic mass is 32.1. The maximum Gasteiger partial charge on any atom is 0.208 e. The minimum absolute atomic E-state index is 0.584. The number of hydrogen-bond acceptors (Lipinski definition) is 5. The molecular weight excluding hydrogens is 323 g/mol. The summed E-state index contributed by atoms with van der Waals surface area (Å²) >= 11 is 1.67. The molecule has 2 saturated heterocycles. The van der Waals surface area contributed by atoms with E-state index in [9.17, 15) is 4.39 Å². The number of anilines is 1. The molecule has 2 aromatic rings. The van der Waals surface area contributed by atoms with Crippen LogP contribution in [0.25, 0.3) is 10.6 Å². The fourth-order valence-electron chi connectivity index (χ4n) is 3.70. The molecule has 4 rings (SSSR count). The Hall–Kier alpha value is -1.53.